The van der Waals surface area contributed by atoms with E-state index in [9.17, 15) is 4.79 Å². The van der Waals surface area contributed by atoms with Gasteiger partial charge in [-0.05, 0) is 48.7 Å². The Balaban J connectivity index is 1.86. The Kier molecular flexibility index (Phi) is 5.78. The second-order valence-electron chi connectivity index (χ2n) is 6.48. The maximum Gasteiger partial charge on any atom is 0.254 e. The van der Waals surface area contributed by atoms with Gasteiger partial charge in [0.15, 0.2) is 0 Å². The average Bonchev–Trinajstić information content (AvgIpc) is 3.51. The van der Waals surface area contributed by atoms with Gasteiger partial charge >= 0.3 is 0 Å². The smallest absolute Gasteiger partial charge is 0.254 e. The van der Waals surface area contributed by atoms with Gasteiger partial charge in [0.2, 0.25) is 0 Å². The summed E-state index contributed by atoms with van der Waals surface area (Å²) in [6.45, 7) is 0.993. The molecule has 0 radical (unpaired) electrons. The van der Waals surface area contributed by atoms with E-state index in [2.05, 4.69) is 0 Å². The predicted molar refractivity (Wildman–Crippen MR) is 99.6 cm³/mol. The minimum Gasteiger partial charge on any atom is -0.497 e. The predicted octanol–water partition coefficient (Wildman–Crippen LogP) is 3.66. The van der Waals surface area contributed by atoms with Crippen molar-refractivity contribution in [1.29, 1.82) is 0 Å². The molecule has 0 aliphatic heterocycles. The van der Waals surface area contributed by atoms with Crippen molar-refractivity contribution in [3.63, 3.8) is 0 Å². The van der Waals surface area contributed by atoms with E-state index >= 15 is 0 Å². The molecule has 0 aromatic heterocycles. The molecule has 0 atom stereocenters. The molecule has 1 aliphatic rings. The fourth-order valence-corrected chi connectivity index (χ4v) is 3.07. The monoisotopic (exact) mass is 355 g/mol. The van der Waals surface area contributed by atoms with Crippen LogP contribution in [0.4, 0.5) is 0 Å². The Labute approximate surface area is 154 Å². The molecule has 0 saturated heterocycles. The molecule has 2 aromatic carbocycles. The Morgan fingerprint density at radius 1 is 1.08 bits per heavy atom. The lowest BCUT2D eigenvalue weighted by atomic mass is 10.1. The van der Waals surface area contributed by atoms with Crippen molar-refractivity contribution in [2.45, 2.75) is 32.0 Å². The van der Waals surface area contributed by atoms with Crippen LogP contribution >= 0.6 is 0 Å². The van der Waals surface area contributed by atoms with Gasteiger partial charge in [0, 0.05) is 24.3 Å². The van der Waals surface area contributed by atoms with Crippen LogP contribution in [-0.2, 0) is 17.9 Å². The number of amides is 1. The zero-order valence-electron chi connectivity index (χ0n) is 15.5. The number of hydrogen-bond donors (Lipinski definition) is 0. The fourth-order valence-electron chi connectivity index (χ4n) is 3.07. The zero-order valence-corrected chi connectivity index (χ0v) is 15.5. The summed E-state index contributed by atoms with van der Waals surface area (Å²) in [4.78, 5) is 15.1. The van der Waals surface area contributed by atoms with Crippen molar-refractivity contribution >= 4 is 5.91 Å². The lowest BCUT2D eigenvalue weighted by molar-refractivity contribution is 0.0728. The molecule has 138 valence electrons. The van der Waals surface area contributed by atoms with Crippen molar-refractivity contribution in [2.24, 2.45) is 0 Å². The van der Waals surface area contributed by atoms with Gasteiger partial charge < -0.3 is 19.1 Å². The van der Waals surface area contributed by atoms with Gasteiger partial charge in [0.05, 0.1) is 27.4 Å². The first-order chi connectivity index (χ1) is 12.7. The van der Waals surface area contributed by atoms with Crippen LogP contribution in [0.1, 0.15) is 34.3 Å². The van der Waals surface area contributed by atoms with Gasteiger partial charge in [-0.3, -0.25) is 4.79 Å². The SMILES string of the molecule is COCc1cccc(C(=O)N(Cc2cc(OC)ccc2OC)C2CC2)c1. The Bertz CT molecular complexity index is 770. The number of rotatable bonds is 8. The van der Waals surface area contributed by atoms with E-state index in [1.807, 2.05) is 47.4 Å². The zero-order chi connectivity index (χ0) is 18.5. The molecule has 0 unspecified atom stereocenters. The minimum atomic E-state index is 0.0373. The van der Waals surface area contributed by atoms with Gasteiger partial charge in [0.25, 0.3) is 5.91 Å². The molecular formula is C21H25NO4. The standard InChI is InChI=1S/C21H25NO4/c1-24-14-15-5-4-6-16(11-15)21(23)22(18-7-8-18)13-17-12-19(25-2)9-10-20(17)26-3/h4-6,9-12,18H,7-8,13-14H2,1-3H3. The average molecular weight is 355 g/mol. The summed E-state index contributed by atoms with van der Waals surface area (Å²) in [5.74, 6) is 1.55. The molecule has 2 aromatic rings. The first kappa shape index (κ1) is 18.3. The summed E-state index contributed by atoms with van der Waals surface area (Å²) in [6, 6.07) is 13.6. The second kappa shape index (κ2) is 8.23. The van der Waals surface area contributed by atoms with Crippen LogP contribution in [0, 0.1) is 0 Å². The lowest BCUT2D eigenvalue weighted by Crippen LogP contribution is -2.32. The van der Waals surface area contributed by atoms with E-state index in [-0.39, 0.29) is 11.9 Å². The van der Waals surface area contributed by atoms with Crippen molar-refractivity contribution in [3.8, 4) is 11.5 Å². The fraction of sp³-hybridized carbons (Fsp3) is 0.381. The lowest BCUT2D eigenvalue weighted by Gasteiger charge is -2.24. The number of hydrogen-bond acceptors (Lipinski definition) is 4. The number of carbonyl (C=O) groups is 1. The number of carbonyl (C=O) groups excluding carboxylic acids is 1. The molecule has 3 rings (SSSR count). The van der Waals surface area contributed by atoms with Crippen molar-refractivity contribution in [1.82, 2.24) is 4.90 Å². The molecule has 26 heavy (non-hydrogen) atoms. The Morgan fingerprint density at radius 3 is 2.54 bits per heavy atom. The third-order valence-corrected chi connectivity index (χ3v) is 4.56. The van der Waals surface area contributed by atoms with Crippen LogP contribution in [0.25, 0.3) is 0 Å². The number of ether oxygens (including phenoxy) is 3. The van der Waals surface area contributed by atoms with Crippen LogP contribution in [0.5, 0.6) is 11.5 Å². The molecule has 1 aliphatic carbocycles. The quantitative estimate of drug-likeness (QED) is 0.725. The molecule has 0 spiro atoms. The number of methoxy groups -OCH3 is 3. The van der Waals surface area contributed by atoms with Crippen molar-refractivity contribution < 1.29 is 19.0 Å². The highest BCUT2D eigenvalue weighted by molar-refractivity contribution is 5.94. The summed E-state index contributed by atoms with van der Waals surface area (Å²) in [5, 5.41) is 0. The second-order valence-corrected chi connectivity index (χ2v) is 6.48. The van der Waals surface area contributed by atoms with Gasteiger partial charge in [0.1, 0.15) is 11.5 Å². The molecular weight excluding hydrogens is 330 g/mol. The van der Waals surface area contributed by atoms with Gasteiger partial charge in [-0.1, -0.05) is 12.1 Å². The first-order valence-electron chi connectivity index (χ1n) is 8.76. The molecule has 0 bridgehead atoms. The third-order valence-electron chi connectivity index (χ3n) is 4.56. The Morgan fingerprint density at radius 2 is 1.88 bits per heavy atom. The molecule has 0 N–H and O–H groups in total. The molecule has 5 heteroatoms. The largest absolute Gasteiger partial charge is 0.497 e. The van der Waals surface area contributed by atoms with Gasteiger partial charge in [-0.25, -0.2) is 0 Å². The molecule has 0 heterocycles. The van der Waals surface area contributed by atoms with E-state index in [4.69, 9.17) is 14.2 Å². The van der Waals surface area contributed by atoms with Gasteiger partial charge in [-0.15, -0.1) is 0 Å². The highest BCUT2D eigenvalue weighted by Gasteiger charge is 2.33. The topological polar surface area (TPSA) is 48.0 Å². The summed E-state index contributed by atoms with van der Waals surface area (Å²) in [7, 11) is 4.93. The van der Waals surface area contributed by atoms with Crippen LogP contribution in [-0.4, -0.2) is 38.2 Å². The summed E-state index contributed by atoms with van der Waals surface area (Å²) >= 11 is 0. The molecule has 5 nitrogen and oxygen atoms in total. The maximum absolute atomic E-state index is 13.2. The van der Waals surface area contributed by atoms with E-state index in [1.165, 1.54) is 0 Å². The van der Waals surface area contributed by atoms with E-state index < -0.39 is 0 Å². The number of benzene rings is 2. The summed E-state index contributed by atoms with van der Waals surface area (Å²) in [6.07, 6.45) is 2.07. The molecule has 1 amide bonds. The number of nitrogens with zero attached hydrogens (tertiary/aromatic N) is 1. The highest BCUT2D eigenvalue weighted by Crippen LogP contribution is 2.33. The minimum absolute atomic E-state index is 0.0373. The van der Waals surface area contributed by atoms with Crippen molar-refractivity contribution in [2.75, 3.05) is 21.3 Å². The summed E-state index contributed by atoms with van der Waals surface area (Å²) < 4.78 is 16.0. The van der Waals surface area contributed by atoms with E-state index in [1.54, 1.807) is 21.3 Å². The highest BCUT2D eigenvalue weighted by atomic mass is 16.5. The molecule has 1 saturated carbocycles. The molecule has 1 fully saturated rings. The maximum atomic E-state index is 13.2. The van der Waals surface area contributed by atoms with Crippen LogP contribution < -0.4 is 9.47 Å². The third kappa shape index (κ3) is 4.17. The van der Waals surface area contributed by atoms with E-state index in [0.717, 1.165) is 35.5 Å². The van der Waals surface area contributed by atoms with Crippen molar-refractivity contribution in [3.05, 3.63) is 59.2 Å². The first-order valence-corrected chi connectivity index (χ1v) is 8.76. The Hall–Kier alpha value is -2.53. The van der Waals surface area contributed by atoms with Crippen LogP contribution in [0.15, 0.2) is 42.5 Å². The normalized spacial score (nSPS) is 13.3. The summed E-state index contributed by atoms with van der Waals surface area (Å²) in [5.41, 5.74) is 2.63. The van der Waals surface area contributed by atoms with Crippen LogP contribution in [0.2, 0.25) is 0 Å². The van der Waals surface area contributed by atoms with Crippen LogP contribution in [0.3, 0.4) is 0 Å². The van der Waals surface area contributed by atoms with Gasteiger partial charge in [-0.2, -0.15) is 0 Å². The van der Waals surface area contributed by atoms with E-state index in [0.29, 0.717) is 18.7 Å².